The van der Waals surface area contributed by atoms with Crippen molar-refractivity contribution in [3.8, 4) is 21.3 Å². The lowest BCUT2D eigenvalue weighted by molar-refractivity contribution is 0.466. The van der Waals surface area contributed by atoms with Crippen molar-refractivity contribution in [3.05, 3.63) is 51.1 Å². The molecular weight excluding hydrogens is 408 g/mol. The molecule has 26 heavy (non-hydrogen) atoms. The number of halogens is 1. The average molecular weight is 421 g/mol. The van der Waals surface area contributed by atoms with Gasteiger partial charge in [-0.1, -0.05) is 41.6 Å². The smallest absolute Gasteiger partial charge is 0.277 e. The van der Waals surface area contributed by atoms with Gasteiger partial charge in [0.1, 0.15) is 9.88 Å². The lowest BCUT2D eigenvalue weighted by Crippen LogP contribution is -1.83. The van der Waals surface area contributed by atoms with Crippen LogP contribution in [0.3, 0.4) is 0 Å². The molecule has 0 bridgehead atoms. The van der Waals surface area contributed by atoms with Gasteiger partial charge in [0.25, 0.3) is 11.1 Å². The predicted octanol–water partition coefficient (Wildman–Crippen LogP) is 5.88. The molecule has 0 saturated carbocycles. The fourth-order valence-electron chi connectivity index (χ4n) is 2.36. The standard InChI is InChI=1S/C17H13ClN4OS3/c1-9-14(26-10(2)19-9)15-21-22-17(23-15)25-8-11-7-24-16(20-11)12-5-3-4-6-13(12)18/h3-7H,8H2,1-2H3. The van der Waals surface area contributed by atoms with Gasteiger partial charge in [-0.25, -0.2) is 9.97 Å². The molecule has 0 amide bonds. The Kier molecular flexibility index (Phi) is 5.08. The quantitative estimate of drug-likeness (QED) is 0.375. The molecule has 0 saturated heterocycles. The van der Waals surface area contributed by atoms with Crippen molar-refractivity contribution in [2.24, 2.45) is 0 Å². The first-order valence-corrected chi connectivity index (χ1v) is 10.8. The van der Waals surface area contributed by atoms with Gasteiger partial charge < -0.3 is 4.42 Å². The second-order valence-electron chi connectivity index (χ2n) is 5.43. The summed E-state index contributed by atoms with van der Waals surface area (Å²) in [4.78, 5) is 9.98. The summed E-state index contributed by atoms with van der Waals surface area (Å²) in [6.07, 6.45) is 0. The molecular formula is C17H13ClN4OS3. The van der Waals surface area contributed by atoms with Gasteiger partial charge in [0.05, 0.1) is 21.4 Å². The molecule has 0 fully saturated rings. The molecule has 4 rings (SSSR count). The van der Waals surface area contributed by atoms with E-state index in [1.165, 1.54) is 11.8 Å². The van der Waals surface area contributed by atoms with Crippen LogP contribution in [0.1, 0.15) is 16.4 Å². The highest BCUT2D eigenvalue weighted by molar-refractivity contribution is 7.98. The molecule has 0 aliphatic carbocycles. The van der Waals surface area contributed by atoms with Crippen LogP contribution in [0.25, 0.3) is 21.3 Å². The zero-order valence-electron chi connectivity index (χ0n) is 13.9. The Morgan fingerprint density at radius 2 is 2.00 bits per heavy atom. The number of nitrogens with zero attached hydrogens (tertiary/aromatic N) is 4. The first-order valence-electron chi connectivity index (χ1n) is 7.70. The monoisotopic (exact) mass is 420 g/mol. The summed E-state index contributed by atoms with van der Waals surface area (Å²) < 4.78 is 5.76. The van der Waals surface area contributed by atoms with E-state index in [1.54, 1.807) is 22.7 Å². The van der Waals surface area contributed by atoms with Gasteiger partial charge in [0.2, 0.25) is 0 Å². The van der Waals surface area contributed by atoms with Crippen molar-refractivity contribution >= 4 is 46.0 Å². The van der Waals surface area contributed by atoms with E-state index < -0.39 is 0 Å². The zero-order valence-corrected chi connectivity index (χ0v) is 17.1. The van der Waals surface area contributed by atoms with Crippen LogP contribution >= 0.6 is 46.0 Å². The highest BCUT2D eigenvalue weighted by Gasteiger charge is 2.16. The van der Waals surface area contributed by atoms with Crippen LogP contribution < -0.4 is 0 Å². The Balaban J connectivity index is 1.46. The zero-order chi connectivity index (χ0) is 18.1. The molecule has 132 valence electrons. The highest BCUT2D eigenvalue weighted by Crippen LogP contribution is 2.33. The topological polar surface area (TPSA) is 64.7 Å². The Morgan fingerprint density at radius 1 is 1.15 bits per heavy atom. The number of rotatable bonds is 5. The average Bonchev–Trinajstić information content (AvgIpc) is 3.33. The van der Waals surface area contributed by atoms with Crippen molar-refractivity contribution < 1.29 is 4.42 Å². The van der Waals surface area contributed by atoms with E-state index in [4.69, 9.17) is 16.0 Å². The Morgan fingerprint density at radius 3 is 2.77 bits per heavy atom. The molecule has 3 aromatic heterocycles. The van der Waals surface area contributed by atoms with E-state index >= 15 is 0 Å². The molecule has 5 nitrogen and oxygen atoms in total. The van der Waals surface area contributed by atoms with Gasteiger partial charge >= 0.3 is 0 Å². The van der Waals surface area contributed by atoms with Crippen molar-refractivity contribution in [2.75, 3.05) is 0 Å². The SMILES string of the molecule is Cc1nc(C)c(-c2nnc(SCc3csc(-c4ccccc4Cl)n3)o2)s1. The van der Waals surface area contributed by atoms with E-state index in [9.17, 15) is 0 Å². The van der Waals surface area contributed by atoms with Crippen molar-refractivity contribution in [1.82, 2.24) is 20.2 Å². The molecule has 1 aromatic carbocycles. The summed E-state index contributed by atoms with van der Waals surface area (Å²) in [5.41, 5.74) is 2.82. The number of aryl methyl sites for hydroxylation is 2. The molecule has 0 unspecified atom stereocenters. The molecule has 4 aromatic rings. The third kappa shape index (κ3) is 3.68. The van der Waals surface area contributed by atoms with Crippen LogP contribution in [0.5, 0.6) is 0 Å². The third-order valence-corrected chi connectivity index (χ3v) is 6.67. The normalized spacial score (nSPS) is 11.2. The summed E-state index contributed by atoms with van der Waals surface area (Å²) in [5, 5.41) is 13.4. The lowest BCUT2D eigenvalue weighted by atomic mass is 10.2. The summed E-state index contributed by atoms with van der Waals surface area (Å²) in [6, 6.07) is 7.72. The van der Waals surface area contributed by atoms with E-state index in [1.807, 2.05) is 43.5 Å². The summed E-state index contributed by atoms with van der Waals surface area (Å²) in [6.45, 7) is 3.91. The maximum absolute atomic E-state index is 6.24. The minimum Gasteiger partial charge on any atom is -0.410 e. The van der Waals surface area contributed by atoms with Crippen LogP contribution in [0.2, 0.25) is 5.02 Å². The minimum absolute atomic E-state index is 0.519. The van der Waals surface area contributed by atoms with Crippen molar-refractivity contribution in [2.45, 2.75) is 24.8 Å². The van der Waals surface area contributed by atoms with E-state index in [0.29, 0.717) is 21.9 Å². The Bertz CT molecular complexity index is 1060. The van der Waals surface area contributed by atoms with Crippen molar-refractivity contribution in [3.63, 3.8) is 0 Å². The van der Waals surface area contributed by atoms with Gasteiger partial charge in [-0.3, -0.25) is 0 Å². The second kappa shape index (κ2) is 7.48. The molecule has 9 heteroatoms. The van der Waals surface area contributed by atoms with Crippen LogP contribution in [0.4, 0.5) is 0 Å². The number of thioether (sulfide) groups is 1. The lowest BCUT2D eigenvalue weighted by Gasteiger charge is -1.98. The molecule has 3 heterocycles. The van der Waals surface area contributed by atoms with Gasteiger partial charge in [0, 0.05) is 16.7 Å². The fourth-order valence-corrected chi connectivity index (χ4v) is 5.10. The van der Waals surface area contributed by atoms with E-state index in [-0.39, 0.29) is 0 Å². The number of thiazole rings is 2. The maximum atomic E-state index is 6.24. The van der Waals surface area contributed by atoms with E-state index in [2.05, 4.69) is 20.2 Å². The van der Waals surface area contributed by atoms with Crippen LogP contribution in [-0.2, 0) is 5.75 Å². The van der Waals surface area contributed by atoms with Crippen LogP contribution in [0.15, 0.2) is 39.3 Å². The Hall–Kier alpha value is -1.74. The maximum Gasteiger partial charge on any atom is 0.277 e. The number of hydrogen-bond acceptors (Lipinski definition) is 8. The minimum atomic E-state index is 0.519. The van der Waals surface area contributed by atoms with Gasteiger partial charge in [-0.15, -0.1) is 32.9 Å². The number of aromatic nitrogens is 4. The molecule has 0 aliphatic heterocycles. The van der Waals surface area contributed by atoms with E-state index in [0.717, 1.165) is 31.8 Å². The highest BCUT2D eigenvalue weighted by atomic mass is 35.5. The summed E-state index contributed by atoms with van der Waals surface area (Å²) in [7, 11) is 0. The predicted molar refractivity (Wildman–Crippen MR) is 107 cm³/mol. The third-order valence-electron chi connectivity index (χ3n) is 3.50. The van der Waals surface area contributed by atoms with Crippen molar-refractivity contribution in [1.29, 1.82) is 0 Å². The van der Waals surface area contributed by atoms with Crippen LogP contribution in [0, 0.1) is 13.8 Å². The fraction of sp³-hybridized carbons (Fsp3) is 0.176. The van der Waals surface area contributed by atoms with Gasteiger partial charge in [0.15, 0.2) is 0 Å². The molecule has 0 radical (unpaired) electrons. The summed E-state index contributed by atoms with van der Waals surface area (Å²) >= 11 is 10.8. The second-order valence-corrected chi connectivity index (χ2v) is 8.83. The van der Waals surface area contributed by atoms with Gasteiger partial charge in [-0.2, -0.15) is 0 Å². The summed E-state index contributed by atoms with van der Waals surface area (Å²) in [5.74, 6) is 1.18. The molecule has 0 aliphatic rings. The van der Waals surface area contributed by atoms with Gasteiger partial charge in [-0.05, 0) is 19.9 Å². The Labute approximate surface area is 167 Å². The first kappa shape index (κ1) is 17.7. The molecule has 0 N–H and O–H groups in total. The largest absolute Gasteiger partial charge is 0.410 e. The molecule has 0 atom stereocenters. The number of hydrogen-bond donors (Lipinski definition) is 0. The number of benzene rings is 1. The first-order chi connectivity index (χ1) is 12.6. The molecule has 0 spiro atoms. The van der Waals surface area contributed by atoms with Crippen LogP contribution in [-0.4, -0.2) is 20.2 Å².